The molecule has 2 heterocycles. The molecule has 6 heteroatoms. The fraction of sp³-hybridized carbons (Fsp3) is 0.200. The Balaban J connectivity index is 1.65. The van der Waals surface area contributed by atoms with Gasteiger partial charge in [-0.2, -0.15) is 0 Å². The SMILES string of the molecule is Cc1ccc(N=C2NC(=O)/C(=C/c3cc(C)n(-c4ccc(I)c(C)c4)c3C)S2)c(C)c1. The summed E-state index contributed by atoms with van der Waals surface area (Å²) < 4.78 is 3.48. The number of hydrogen-bond acceptors (Lipinski definition) is 3. The van der Waals surface area contributed by atoms with Crippen molar-refractivity contribution >= 4 is 57.2 Å². The molecule has 1 aliphatic rings. The summed E-state index contributed by atoms with van der Waals surface area (Å²) in [7, 11) is 0. The van der Waals surface area contributed by atoms with Gasteiger partial charge >= 0.3 is 0 Å². The molecule has 31 heavy (non-hydrogen) atoms. The number of halogens is 1. The fourth-order valence-corrected chi connectivity index (χ4v) is 4.92. The summed E-state index contributed by atoms with van der Waals surface area (Å²) in [5.41, 5.74) is 8.85. The number of nitrogens with zero attached hydrogens (tertiary/aromatic N) is 2. The Morgan fingerprint density at radius 1 is 1.00 bits per heavy atom. The number of aryl methyl sites for hydroxylation is 4. The third kappa shape index (κ3) is 4.50. The number of carbonyl (C=O) groups excluding carboxylic acids is 1. The zero-order chi connectivity index (χ0) is 22.3. The van der Waals surface area contributed by atoms with Crippen molar-refractivity contribution in [2.75, 3.05) is 0 Å². The molecule has 1 aliphatic heterocycles. The van der Waals surface area contributed by atoms with Gasteiger partial charge in [0.2, 0.25) is 0 Å². The Morgan fingerprint density at radius 2 is 1.77 bits per heavy atom. The quantitative estimate of drug-likeness (QED) is 0.303. The molecule has 0 saturated carbocycles. The minimum atomic E-state index is -0.108. The first-order chi connectivity index (χ1) is 14.7. The van der Waals surface area contributed by atoms with E-state index in [1.165, 1.54) is 26.5 Å². The van der Waals surface area contributed by atoms with Gasteiger partial charge < -0.3 is 9.88 Å². The molecule has 1 fully saturated rings. The molecular formula is C25H24IN3OS. The summed E-state index contributed by atoms with van der Waals surface area (Å²) in [5.74, 6) is -0.108. The lowest BCUT2D eigenvalue weighted by molar-refractivity contribution is -0.115. The van der Waals surface area contributed by atoms with E-state index in [0.717, 1.165) is 33.9 Å². The number of amides is 1. The first-order valence-corrected chi connectivity index (χ1v) is 11.9. The van der Waals surface area contributed by atoms with Crippen LogP contribution in [0.1, 0.15) is 33.6 Å². The minimum Gasteiger partial charge on any atom is -0.318 e. The van der Waals surface area contributed by atoms with E-state index in [2.05, 4.69) is 95.5 Å². The van der Waals surface area contributed by atoms with E-state index < -0.39 is 0 Å². The topological polar surface area (TPSA) is 46.4 Å². The van der Waals surface area contributed by atoms with Crippen molar-refractivity contribution in [2.45, 2.75) is 34.6 Å². The molecule has 0 atom stereocenters. The molecular weight excluding hydrogens is 517 g/mol. The van der Waals surface area contributed by atoms with Crippen molar-refractivity contribution in [3.8, 4) is 5.69 Å². The van der Waals surface area contributed by atoms with Crippen LogP contribution in [0, 0.1) is 38.2 Å². The van der Waals surface area contributed by atoms with Crippen LogP contribution in [0.4, 0.5) is 5.69 Å². The highest BCUT2D eigenvalue weighted by Gasteiger charge is 2.25. The first kappa shape index (κ1) is 21.9. The van der Waals surface area contributed by atoms with E-state index in [9.17, 15) is 4.79 Å². The van der Waals surface area contributed by atoms with Crippen LogP contribution in [0.2, 0.25) is 0 Å². The van der Waals surface area contributed by atoms with Gasteiger partial charge in [-0.3, -0.25) is 4.79 Å². The van der Waals surface area contributed by atoms with Crippen LogP contribution >= 0.6 is 34.4 Å². The molecule has 158 valence electrons. The number of aliphatic imine (C=N–C) groups is 1. The maximum absolute atomic E-state index is 12.6. The van der Waals surface area contributed by atoms with Gasteiger partial charge in [-0.25, -0.2) is 4.99 Å². The molecule has 0 unspecified atom stereocenters. The number of amidine groups is 1. The molecule has 1 saturated heterocycles. The average Bonchev–Trinajstić information content (AvgIpc) is 3.19. The van der Waals surface area contributed by atoms with Crippen molar-refractivity contribution in [3.05, 3.63) is 84.6 Å². The van der Waals surface area contributed by atoms with E-state index in [0.29, 0.717) is 10.1 Å². The van der Waals surface area contributed by atoms with E-state index in [-0.39, 0.29) is 5.91 Å². The summed E-state index contributed by atoms with van der Waals surface area (Å²) in [4.78, 5) is 17.9. The lowest BCUT2D eigenvalue weighted by atomic mass is 10.1. The molecule has 4 rings (SSSR count). The van der Waals surface area contributed by atoms with E-state index in [1.807, 2.05) is 25.1 Å². The zero-order valence-electron chi connectivity index (χ0n) is 18.2. The van der Waals surface area contributed by atoms with Crippen LogP contribution < -0.4 is 5.32 Å². The van der Waals surface area contributed by atoms with Crippen molar-refractivity contribution < 1.29 is 4.79 Å². The maximum Gasteiger partial charge on any atom is 0.264 e. The molecule has 2 aromatic carbocycles. The number of rotatable bonds is 3. The minimum absolute atomic E-state index is 0.108. The van der Waals surface area contributed by atoms with Crippen molar-refractivity contribution in [3.63, 3.8) is 0 Å². The van der Waals surface area contributed by atoms with Gasteiger partial charge in [-0.1, -0.05) is 17.7 Å². The Kier molecular flexibility index (Phi) is 6.12. The smallest absolute Gasteiger partial charge is 0.264 e. The van der Waals surface area contributed by atoms with Crippen LogP contribution in [0.15, 0.2) is 52.4 Å². The second-order valence-corrected chi connectivity index (χ2v) is 10.1. The van der Waals surface area contributed by atoms with Crippen molar-refractivity contribution in [2.24, 2.45) is 4.99 Å². The second kappa shape index (κ2) is 8.67. The third-order valence-corrected chi connectivity index (χ3v) is 7.50. The van der Waals surface area contributed by atoms with Gasteiger partial charge in [0.25, 0.3) is 5.91 Å². The van der Waals surface area contributed by atoms with E-state index in [4.69, 9.17) is 0 Å². The number of hydrogen-bond donors (Lipinski definition) is 1. The third-order valence-electron chi connectivity index (χ3n) is 5.38. The number of aromatic nitrogens is 1. The molecule has 1 amide bonds. The summed E-state index contributed by atoms with van der Waals surface area (Å²) in [6, 6.07) is 14.7. The molecule has 0 bridgehead atoms. The predicted octanol–water partition coefficient (Wildman–Crippen LogP) is 6.52. The molecule has 1 aromatic heterocycles. The van der Waals surface area contributed by atoms with Crippen LogP contribution in [-0.4, -0.2) is 15.6 Å². The monoisotopic (exact) mass is 541 g/mol. The molecule has 4 nitrogen and oxygen atoms in total. The first-order valence-electron chi connectivity index (χ1n) is 10.1. The Bertz CT molecular complexity index is 1270. The molecule has 0 aliphatic carbocycles. The highest BCUT2D eigenvalue weighted by atomic mass is 127. The summed E-state index contributed by atoms with van der Waals surface area (Å²) in [5, 5.41) is 3.51. The van der Waals surface area contributed by atoms with Gasteiger partial charge in [0, 0.05) is 20.6 Å². The number of thioether (sulfide) groups is 1. The summed E-state index contributed by atoms with van der Waals surface area (Å²) >= 11 is 3.74. The second-order valence-electron chi connectivity index (χ2n) is 7.87. The lowest BCUT2D eigenvalue weighted by Gasteiger charge is -2.11. The van der Waals surface area contributed by atoms with Crippen LogP contribution in [0.3, 0.4) is 0 Å². The Labute approximate surface area is 201 Å². The molecule has 1 N–H and O–H groups in total. The summed E-state index contributed by atoms with van der Waals surface area (Å²) in [6.07, 6.45) is 1.96. The van der Waals surface area contributed by atoms with Crippen LogP contribution in [-0.2, 0) is 4.79 Å². The van der Waals surface area contributed by atoms with E-state index >= 15 is 0 Å². The number of benzene rings is 2. The van der Waals surface area contributed by atoms with Gasteiger partial charge in [-0.05, 0) is 122 Å². The fourth-order valence-electron chi connectivity index (χ4n) is 3.76. The maximum atomic E-state index is 12.6. The van der Waals surface area contributed by atoms with Gasteiger partial charge in [-0.15, -0.1) is 0 Å². The predicted molar refractivity (Wildman–Crippen MR) is 139 cm³/mol. The highest BCUT2D eigenvalue weighted by Crippen LogP contribution is 2.31. The Hall–Kier alpha value is -2.32. The van der Waals surface area contributed by atoms with Crippen LogP contribution in [0.25, 0.3) is 11.8 Å². The van der Waals surface area contributed by atoms with E-state index in [1.54, 1.807) is 0 Å². The largest absolute Gasteiger partial charge is 0.318 e. The highest BCUT2D eigenvalue weighted by molar-refractivity contribution is 14.1. The van der Waals surface area contributed by atoms with Crippen LogP contribution in [0.5, 0.6) is 0 Å². The molecule has 0 radical (unpaired) electrons. The van der Waals surface area contributed by atoms with Gasteiger partial charge in [0.15, 0.2) is 5.17 Å². The number of carbonyl (C=O) groups is 1. The Morgan fingerprint density at radius 3 is 2.48 bits per heavy atom. The lowest BCUT2D eigenvalue weighted by Crippen LogP contribution is -2.19. The number of nitrogens with one attached hydrogen (secondary N) is 1. The normalized spacial score (nSPS) is 16.4. The standard InChI is InChI=1S/C25H24IN3OS/c1-14-6-9-22(16(3)10-14)27-25-28-24(30)23(31-25)13-19-12-17(4)29(18(19)5)20-7-8-21(26)15(2)11-20/h6-13H,1-5H3,(H,27,28,30)/b23-13-. The molecule has 3 aromatic rings. The molecule has 0 spiro atoms. The summed E-state index contributed by atoms with van der Waals surface area (Å²) in [6.45, 7) is 10.4. The average molecular weight is 541 g/mol. The zero-order valence-corrected chi connectivity index (χ0v) is 21.2. The van der Waals surface area contributed by atoms with Crippen molar-refractivity contribution in [1.29, 1.82) is 0 Å². The van der Waals surface area contributed by atoms with Gasteiger partial charge in [0.1, 0.15) is 0 Å². The van der Waals surface area contributed by atoms with Crippen molar-refractivity contribution in [1.82, 2.24) is 9.88 Å². The van der Waals surface area contributed by atoms with Gasteiger partial charge in [0.05, 0.1) is 10.6 Å².